The fourth-order valence-electron chi connectivity index (χ4n) is 5.94. The molecular formula is C35H45N5O4S. The van der Waals surface area contributed by atoms with Gasteiger partial charge in [0, 0.05) is 42.3 Å². The number of esters is 1. The number of allylic oxidation sites excluding steroid dienone is 1. The largest absolute Gasteiger partial charge is 0.508 e. The van der Waals surface area contributed by atoms with E-state index < -0.39 is 17.7 Å². The summed E-state index contributed by atoms with van der Waals surface area (Å²) in [6.07, 6.45) is 7.54. The Kier molecular flexibility index (Phi) is 9.65. The van der Waals surface area contributed by atoms with Gasteiger partial charge in [0.2, 0.25) is 0 Å². The molecule has 9 nitrogen and oxygen atoms in total. The van der Waals surface area contributed by atoms with Crippen LogP contribution < -0.4 is 4.90 Å². The van der Waals surface area contributed by atoms with Crippen molar-refractivity contribution in [2.24, 2.45) is 5.41 Å². The SMILES string of the molecule is C=CCCC1(C)CCN(c2c([C@H](OC(C)(C)C)C(=O)OCC)c(C)nc3cc(-c4ncc(Cc5ccccc5O)s4)nn23)CC1. The number of carbonyl (C=O) groups is 1. The number of rotatable bonds is 11. The predicted molar refractivity (Wildman–Crippen MR) is 179 cm³/mol. The summed E-state index contributed by atoms with van der Waals surface area (Å²) in [6, 6.07) is 9.30. The second kappa shape index (κ2) is 13.3. The molecule has 1 aliphatic rings. The summed E-state index contributed by atoms with van der Waals surface area (Å²) in [6.45, 7) is 17.7. The van der Waals surface area contributed by atoms with Gasteiger partial charge in [-0.25, -0.2) is 14.8 Å². The summed E-state index contributed by atoms with van der Waals surface area (Å²) >= 11 is 1.54. The van der Waals surface area contributed by atoms with Gasteiger partial charge < -0.3 is 19.5 Å². The molecule has 0 radical (unpaired) electrons. The van der Waals surface area contributed by atoms with Crippen molar-refractivity contribution in [2.45, 2.75) is 85.4 Å². The molecule has 0 aliphatic carbocycles. The van der Waals surface area contributed by atoms with E-state index in [4.69, 9.17) is 24.5 Å². The van der Waals surface area contributed by atoms with E-state index in [9.17, 15) is 9.90 Å². The minimum atomic E-state index is -0.969. The molecule has 240 valence electrons. The van der Waals surface area contributed by atoms with Gasteiger partial charge in [-0.05, 0) is 77.3 Å². The lowest BCUT2D eigenvalue weighted by Gasteiger charge is -2.41. The van der Waals surface area contributed by atoms with Crippen LogP contribution in [0.25, 0.3) is 16.3 Å². The molecule has 1 saturated heterocycles. The van der Waals surface area contributed by atoms with Gasteiger partial charge in [0.25, 0.3) is 0 Å². The summed E-state index contributed by atoms with van der Waals surface area (Å²) < 4.78 is 13.8. The van der Waals surface area contributed by atoms with Crippen molar-refractivity contribution in [1.29, 1.82) is 0 Å². The number of fused-ring (bicyclic) bond motifs is 1. The van der Waals surface area contributed by atoms with E-state index in [-0.39, 0.29) is 17.8 Å². The molecule has 1 aliphatic heterocycles. The highest BCUT2D eigenvalue weighted by Crippen LogP contribution is 2.41. The molecule has 0 saturated carbocycles. The second-order valence-corrected chi connectivity index (χ2v) is 14.3. The van der Waals surface area contributed by atoms with Crippen LogP contribution in [0.15, 0.2) is 49.2 Å². The first kappa shape index (κ1) is 32.6. The maximum absolute atomic E-state index is 13.5. The van der Waals surface area contributed by atoms with Gasteiger partial charge in [-0.15, -0.1) is 17.9 Å². The van der Waals surface area contributed by atoms with E-state index in [1.54, 1.807) is 24.3 Å². The van der Waals surface area contributed by atoms with Crippen molar-refractivity contribution in [3.63, 3.8) is 0 Å². The zero-order chi connectivity index (χ0) is 32.4. The lowest BCUT2D eigenvalue weighted by Crippen LogP contribution is -2.41. The molecule has 5 rings (SSSR count). The first-order valence-corrected chi connectivity index (χ1v) is 16.6. The molecule has 1 aromatic carbocycles. The van der Waals surface area contributed by atoms with Crippen molar-refractivity contribution in [3.8, 4) is 16.5 Å². The van der Waals surface area contributed by atoms with E-state index in [0.29, 0.717) is 29.0 Å². The Morgan fingerprint density at radius 3 is 2.64 bits per heavy atom. The zero-order valence-electron chi connectivity index (χ0n) is 27.3. The molecule has 45 heavy (non-hydrogen) atoms. The van der Waals surface area contributed by atoms with Crippen molar-refractivity contribution in [3.05, 3.63) is 70.9 Å². The Balaban J connectivity index is 1.60. The van der Waals surface area contributed by atoms with Crippen molar-refractivity contribution < 1.29 is 19.4 Å². The number of nitrogens with zero attached hydrogens (tertiary/aromatic N) is 5. The highest BCUT2D eigenvalue weighted by atomic mass is 32.1. The number of ether oxygens (including phenoxy) is 2. The highest BCUT2D eigenvalue weighted by Gasteiger charge is 2.38. The Labute approximate surface area is 269 Å². The standard InChI is InChI=1S/C35H45N5O4S/c1-8-10-15-35(7)16-18-39(19-17-35)32-29(30(33(42)43-9-2)44-34(4,5)6)23(3)37-28-21-26(38-40(28)32)31-36-22-25(45-31)20-24-13-11-12-14-27(24)41/h8,11-14,21-22,30,41H,1,9-10,15-20H2,2-7H3/t30-/m0/s1. The number of hydrogen-bond donors (Lipinski definition) is 1. The van der Waals surface area contributed by atoms with Crippen LogP contribution >= 0.6 is 11.3 Å². The number of anilines is 1. The highest BCUT2D eigenvalue weighted by molar-refractivity contribution is 7.15. The smallest absolute Gasteiger partial charge is 0.340 e. The molecular weight excluding hydrogens is 586 g/mol. The van der Waals surface area contributed by atoms with E-state index >= 15 is 0 Å². The first-order chi connectivity index (χ1) is 21.4. The molecule has 0 bridgehead atoms. The molecule has 0 amide bonds. The molecule has 0 spiro atoms. The molecule has 4 heterocycles. The number of aromatic hydroxyl groups is 1. The van der Waals surface area contributed by atoms with Crippen LogP contribution in [0.1, 0.15) is 88.1 Å². The zero-order valence-corrected chi connectivity index (χ0v) is 28.1. The summed E-state index contributed by atoms with van der Waals surface area (Å²) in [4.78, 5) is 26.5. The van der Waals surface area contributed by atoms with Crippen molar-refractivity contribution >= 4 is 28.8 Å². The number of benzene rings is 1. The lowest BCUT2D eigenvalue weighted by atomic mass is 9.76. The van der Waals surface area contributed by atoms with E-state index in [1.807, 2.05) is 68.7 Å². The fraction of sp³-hybridized carbons (Fsp3) is 0.486. The number of aryl methyl sites for hydroxylation is 1. The van der Waals surface area contributed by atoms with Gasteiger partial charge in [-0.3, -0.25) is 0 Å². The van der Waals surface area contributed by atoms with Crippen LogP contribution in [0.4, 0.5) is 5.82 Å². The third kappa shape index (κ3) is 7.39. The Morgan fingerprint density at radius 1 is 1.24 bits per heavy atom. The second-order valence-electron chi connectivity index (χ2n) is 13.2. The number of carbonyl (C=O) groups excluding carboxylic acids is 1. The van der Waals surface area contributed by atoms with Gasteiger partial charge in [-0.1, -0.05) is 31.2 Å². The van der Waals surface area contributed by atoms with Gasteiger partial charge in [0.05, 0.1) is 17.8 Å². The third-order valence-electron chi connectivity index (χ3n) is 8.39. The van der Waals surface area contributed by atoms with Crippen LogP contribution in [0.2, 0.25) is 0 Å². The molecule has 1 atom stereocenters. The maximum Gasteiger partial charge on any atom is 0.340 e. The maximum atomic E-state index is 13.5. The number of phenolic OH excluding ortho intramolecular Hbond substituents is 1. The minimum Gasteiger partial charge on any atom is -0.508 e. The van der Waals surface area contributed by atoms with E-state index in [2.05, 4.69) is 18.4 Å². The molecule has 1 N–H and O–H groups in total. The average Bonchev–Trinajstić information content (AvgIpc) is 3.63. The number of para-hydroxylation sites is 1. The quantitative estimate of drug-likeness (QED) is 0.135. The molecule has 0 unspecified atom stereocenters. The number of hydrogen-bond acceptors (Lipinski definition) is 9. The Hall–Kier alpha value is -3.76. The molecule has 3 aromatic heterocycles. The van der Waals surface area contributed by atoms with Crippen LogP contribution in [-0.2, 0) is 20.7 Å². The number of piperidine rings is 1. The normalized spacial score (nSPS) is 15.7. The summed E-state index contributed by atoms with van der Waals surface area (Å²) in [5.74, 6) is 0.641. The van der Waals surface area contributed by atoms with Crippen LogP contribution in [0, 0.1) is 12.3 Å². The molecule has 1 fully saturated rings. The van der Waals surface area contributed by atoms with E-state index in [0.717, 1.165) is 60.0 Å². The lowest BCUT2D eigenvalue weighted by molar-refractivity contribution is -0.166. The Morgan fingerprint density at radius 2 is 1.98 bits per heavy atom. The van der Waals surface area contributed by atoms with Crippen LogP contribution in [-0.4, -0.2) is 56.0 Å². The van der Waals surface area contributed by atoms with E-state index in [1.165, 1.54) is 0 Å². The van der Waals surface area contributed by atoms with Crippen molar-refractivity contribution in [2.75, 3.05) is 24.6 Å². The van der Waals surface area contributed by atoms with Gasteiger partial charge in [0.1, 0.15) is 22.3 Å². The van der Waals surface area contributed by atoms with Gasteiger partial charge >= 0.3 is 5.97 Å². The van der Waals surface area contributed by atoms with Gasteiger partial charge in [0.15, 0.2) is 11.8 Å². The topological polar surface area (TPSA) is 102 Å². The summed E-state index contributed by atoms with van der Waals surface area (Å²) in [5.41, 5.74) is 3.21. The number of thiazole rings is 1. The summed E-state index contributed by atoms with van der Waals surface area (Å²) in [5, 5.41) is 16.1. The van der Waals surface area contributed by atoms with Crippen molar-refractivity contribution in [1.82, 2.24) is 19.6 Å². The molecule has 4 aromatic rings. The average molecular weight is 632 g/mol. The van der Waals surface area contributed by atoms with Gasteiger partial charge in [-0.2, -0.15) is 9.61 Å². The number of aromatic nitrogens is 4. The summed E-state index contributed by atoms with van der Waals surface area (Å²) in [7, 11) is 0. The predicted octanol–water partition coefficient (Wildman–Crippen LogP) is 7.45. The minimum absolute atomic E-state index is 0.217. The first-order valence-electron chi connectivity index (χ1n) is 15.7. The fourth-order valence-corrected chi connectivity index (χ4v) is 6.83. The molecule has 10 heteroatoms. The number of phenols is 1. The van der Waals surface area contributed by atoms with Crippen LogP contribution in [0.5, 0.6) is 5.75 Å². The van der Waals surface area contributed by atoms with Crippen LogP contribution in [0.3, 0.4) is 0 Å². The monoisotopic (exact) mass is 631 g/mol. The third-order valence-corrected chi connectivity index (χ3v) is 9.41. The Bertz CT molecular complexity index is 1660.